The van der Waals surface area contributed by atoms with Gasteiger partial charge in [0, 0.05) is 44.1 Å². The summed E-state index contributed by atoms with van der Waals surface area (Å²) in [6.45, 7) is 12.8. The lowest BCUT2D eigenvalue weighted by Gasteiger charge is -2.40. The maximum Gasteiger partial charge on any atom is 0.317 e. The molecule has 10 nitrogen and oxygen atoms in total. The Morgan fingerprint density at radius 1 is 1.22 bits per heavy atom. The third kappa shape index (κ3) is 9.19. The summed E-state index contributed by atoms with van der Waals surface area (Å²) in [6.07, 6.45) is 8.59. The largest absolute Gasteiger partial charge is 0.469 e. The van der Waals surface area contributed by atoms with Gasteiger partial charge in [0.25, 0.3) is 0 Å². The number of ether oxygens (including phenoxy) is 3. The molecule has 0 radical (unpaired) electrons. The first-order valence-corrected chi connectivity index (χ1v) is 17.2. The minimum Gasteiger partial charge on any atom is -0.469 e. The zero-order valence-corrected chi connectivity index (χ0v) is 27.0. The summed E-state index contributed by atoms with van der Waals surface area (Å²) in [5.74, 6) is 7.44. The second-order valence-corrected chi connectivity index (χ2v) is 17.2. The van der Waals surface area contributed by atoms with Crippen LogP contribution in [0.4, 0.5) is 0 Å². The molecular weight excluding hydrogens is 540 g/mol. The van der Waals surface area contributed by atoms with E-state index in [1.54, 1.807) is 20.3 Å². The number of esters is 1. The third-order valence-corrected chi connectivity index (χ3v) is 13.4. The van der Waals surface area contributed by atoms with E-state index >= 15 is 0 Å². The average molecular weight is 589 g/mol. The van der Waals surface area contributed by atoms with Gasteiger partial charge in [-0.15, -0.1) is 0 Å². The maximum atomic E-state index is 12.5. The molecule has 1 amide bonds. The highest BCUT2D eigenvalue weighted by Crippen LogP contribution is 2.52. The van der Waals surface area contributed by atoms with Crippen molar-refractivity contribution >= 4 is 20.2 Å². The zero-order valence-electron chi connectivity index (χ0n) is 26.0. The van der Waals surface area contributed by atoms with Crippen molar-refractivity contribution in [1.29, 1.82) is 0 Å². The lowest BCUT2D eigenvalue weighted by Crippen LogP contribution is -2.49. The molecule has 0 aliphatic heterocycles. The molecule has 0 aromatic rings. The molecule has 2 aliphatic carbocycles. The van der Waals surface area contributed by atoms with Gasteiger partial charge in [-0.2, -0.15) is 0 Å². The summed E-state index contributed by atoms with van der Waals surface area (Å²) in [5.41, 5.74) is 9.03. The number of nitrogens with one attached hydrogen (secondary N) is 1. The molecule has 2 aliphatic rings. The number of hydrogen-bond donors (Lipinski definition) is 1. The van der Waals surface area contributed by atoms with Crippen molar-refractivity contribution in [1.82, 2.24) is 5.32 Å². The Hall–Kier alpha value is -2.61. The summed E-state index contributed by atoms with van der Waals surface area (Å²) in [4.78, 5) is 27.6. The van der Waals surface area contributed by atoms with Crippen molar-refractivity contribution in [2.75, 3.05) is 27.9 Å². The Kier molecular flexibility index (Phi) is 13.1. The highest BCUT2D eigenvalue weighted by Gasteiger charge is 2.48. The number of fused-ring (bicyclic) bond motifs is 1. The van der Waals surface area contributed by atoms with Crippen LogP contribution in [0.25, 0.3) is 10.4 Å². The number of nitrogens with zero attached hydrogens (tertiary/aromatic N) is 3. The van der Waals surface area contributed by atoms with Gasteiger partial charge in [-0.1, -0.05) is 56.8 Å². The SMILES string of the molecule is COC(=O)[C@@H](N=[N+]=[N-])[C@H](CCNC(=O)/C=C/C#CC[C@@H]1[C@H]2C=C[C@H](C)[C@H]2C[C@H]1C(OC)OC)O[Si](C)(C)C(C)(C)C. The van der Waals surface area contributed by atoms with E-state index in [-0.39, 0.29) is 36.1 Å². The van der Waals surface area contributed by atoms with Crippen molar-refractivity contribution in [3.63, 3.8) is 0 Å². The molecule has 0 spiro atoms. The van der Waals surface area contributed by atoms with Crippen LogP contribution < -0.4 is 5.32 Å². The van der Waals surface area contributed by atoms with Crippen molar-refractivity contribution in [2.24, 2.45) is 34.7 Å². The van der Waals surface area contributed by atoms with Gasteiger partial charge >= 0.3 is 5.97 Å². The molecule has 0 unspecified atom stereocenters. The Bertz CT molecular complexity index is 1070. The quantitative estimate of drug-likeness (QED) is 0.0354. The number of methoxy groups -OCH3 is 3. The molecule has 1 saturated carbocycles. The Morgan fingerprint density at radius 2 is 1.90 bits per heavy atom. The number of hydrogen-bond acceptors (Lipinski definition) is 7. The smallest absolute Gasteiger partial charge is 0.317 e. The fourth-order valence-electron chi connectivity index (χ4n) is 5.63. The number of carbonyl (C=O) groups is 2. The Morgan fingerprint density at radius 3 is 2.49 bits per heavy atom. The minimum absolute atomic E-state index is 0.132. The highest BCUT2D eigenvalue weighted by molar-refractivity contribution is 6.74. The summed E-state index contributed by atoms with van der Waals surface area (Å²) in [7, 11) is 2.28. The Labute approximate surface area is 246 Å². The highest BCUT2D eigenvalue weighted by atomic mass is 28.4. The van der Waals surface area contributed by atoms with Crippen LogP contribution in [-0.4, -0.2) is 66.5 Å². The molecule has 7 atom stereocenters. The molecule has 11 heteroatoms. The van der Waals surface area contributed by atoms with Gasteiger partial charge in [0.15, 0.2) is 20.6 Å². The van der Waals surface area contributed by atoms with Crippen LogP contribution in [0.2, 0.25) is 18.1 Å². The molecule has 0 bridgehead atoms. The molecule has 1 N–H and O–H groups in total. The van der Waals surface area contributed by atoms with Gasteiger partial charge in [0.1, 0.15) is 0 Å². The topological polar surface area (TPSA) is 132 Å². The predicted molar refractivity (Wildman–Crippen MR) is 161 cm³/mol. The molecule has 41 heavy (non-hydrogen) atoms. The van der Waals surface area contributed by atoms with Gasteiger partial charge in [-0.05, 0) is 66.3 Å². The van der Waals surface area contributed by atoms with Crippen LogP contribution in [0.1, 0.15) is 47.0 Å². The van der Waals surface area contributed by atoms with Gasteiger partial charge in [-0.3, -0.25) is 9.59 Å². The van der Waals surface area contributed by atoms with Crippen molar-refractivity contribution < 1.29 is 28.2 Å². The summed E-state index contributed by atoms with van der Waals surface area (Å²) < 4.78 is 22.5. The molecular formula is C30H48N4O6Si. The molecule has 1 fully saturated rings. The fraction of sp³-hybridized carbons (Fsp3) is 0.733. The van der Waals surface area contributed by atoms with Crippen LogP contribution in [0, 0.1) is 41.4 Å². The molecule has 2 rings (SSSR count). The molecule has 0 aromatic heterocycles. The van der Waals surface area contributed by atoms with Crippen LogP contribution in [0.5, 0.6) is 0 Å². The standard InChI is InChI=1S/C30H48N4O6Si/c1-20-15-16-22-21(24(19-23(20)22)29(38-6)39-7)13-11-10-12-14-26(35)32-18-17-25(27(33-34-31)28(36)37-5)40-41(8,9)30(2,3)4/h12,14-16,20-25,27,29H,13,17-19H2,1-9H3,(H,32,35)/b14-12+/t20-,21+,22+,23+,24+,25-,27-/m0/s1. The lowest BCUT2D eigenvalue weighted by molar-refractivity contribution is -0.146. The van der Waals surface area contributed by atoms with Crippen molar-refractivity contribution in [3.05, 3.63) is 34.7 Å². The first-order chi connectivity index (χ1) is 19.3. The van der Waals surface area contributed by atoms with Crippen LogP contribution in [0.15, 0.2) is 29.4 Å². The van der Waals surface area contributed by atoms with E-state index < -0.39 is 26.4 Å². The lowest BCUT2D eigenvalue weighted by atomic mass is 9.85. The monoisotopic (exact) mass is 588 g/mol. The Balaban J connectivity index is 1.99. The number of azide groups is 1. The first-order valence-electron chi connectivity index (χ1n) is 14.3. The maximum absolute atomic E-state index is 12.5. The fourth-order valence-corrected chi connectivity index (χ4v) is 6.99. The third-order valence-electron chi connectivity index (χ3n) is 8.92. The molecule has 0 aromatic carbocycles. The average Bonchev–Trinajstić information content (AvgIpc) is 3.45. The second kappa shape index (κ2) is 15.6. The summed E-state index contributed by atoms with van der Waals surface area (Å²) in [6, 6.07) is -1.15. The molecule has 228 valence electrons. The number of amides is 1. The van der Waals surface area contributed by atoms with E-state index in [2.05, 4.69) is 67.0 Å². The second-order valence-electron chi connectivity index (χ2n) is 12.4. The number of rotatable bonds is 13. The van der Waals surface area contributed by atoms with Gasteiger partial charge in [-0.25, -0.2) is 0 Å². The van der Waals surface area contributed by atoms with Gasteiger partial charge in [0.05, 0.1) is 13.2 Å². The van der Waals surface area contributed by atoms with E-state index in [1.165, 1.54) is 13.2 Å². The number of allylic oxidation sites excluding steroid dienone is 3. The van der Waals surface area contributed by atoms with Crippen LogP contribution in [-0.2, 0) is 28.2 Å². The summed E-state index contributed by atoms with van der Waals surface area (Å²) >= 11 is 0. The van der Waals surface area contributed by atoms with E-state index in [1.807, 2.05) is 13.1 Å². The van der Waals surface area contributed by atoms with Crippen molar-refractivity contribution in [3.8, 4) is 11.8 Å². The number of carbonyl (C=O) groups excluding carboxylic acids is 2. The zero-order chi connectivity index (χ0) is 30.8. The normalized spacial score (nSPS) is 25.3. The van der Waals surface area contributed by atoms with E-state index in [0.29, 0.717) is 30.1 Å². The van der Waals surface area contributed by atoms with Crippen molar-refractivity contribution in [2.45, 2.75) is 83.5 Å². The minimum atomic E-state index is -2.32. The predicted octanol–water partition coefficient (Wildman–Crippen LogP) is 5.38. The van der Waals surface area contributed by atoms with E-state index in [9.17, 15) is 9.59 Å². The van der Waals surface area contributed by atoms with E-state index in [0.717, 1.165) is 6.42 Å². The van der Waals surface area contributed by atoms with E-state index in [4.69, 9.17) is 24.2 Å². The van der Waals surface area contributed by atoms with Gasteiger partial charge < -0.3 is 24.0 Å². The molecule has 0 heterocycles. The molecule has 0 saturated heterocycles. The summed E-state index contributed by atoms with van der Waals surface area (Å²) in [5, 5.41) is 6.33. The van der Waals surface area contributed by atoms with Crippen LogP contribution >= 0.6 is 0 Å². The van der Waals surface area contributed by atoms with Gasteiger partial charge in [0.2, 0.25) is 5.91 Å². The first kappa shape index (κ1) is 34.6. The van der Waals surface area contributed by atoms with Crippen LogP contribution in [0.3, 0.4) is 0 Å².